The number of carbonyl (C=O) groups excluding carboxylic acids is 2. The molecule has 1 aromatic heterocycles. The first-order valence-electron chi connectivity index (χ1n) is 8.12. The summed E-state index contributed by atoms with van der Waals surface area (Å²) in [7, 11) is 0. The van der Waals surface area contributed by atoms with E-state index < -0.39 is 28.7 Å². The molecule has 0 saturated heterocycles. The Balaban J connectivity index is 2.22. The van der Waals surface area contributed by atoms with Gasteiger partial charge in [-0.1, -0.05) is 20.8 Å². The van der Waals surface area contributed by atoms with E-state index in [2.05, 4.69) is 4.98 Å². The molecule has 1 unspecified atom stereocenters. The van der Waals surface area contributed by atoms with Crippen LogP contribution >= 0.6 is 0 Å². The smallest absolute Gasteiger partial charge is 0.366 e. The van der Waals surface area contributed by atoms with Crippen molar-refractivity contribution in [3.8, 4) is 5.75 Å². The van der Waals surface area contributed by atoms with Crippen LogP contribution in [0.4, 0.5) is 11.6 Å². The highest BCUT2D eigenvalue weighted by molar-refractivity contribution is 6.02. The first kappa shape index (κ1) is 18.6. The van der Waals surface area contributed by atoms with Gasteiger partial charge in [-0.2, -0.15) is 0 Å². The lowest BCUT2D eigenvalue weighted by molar-refractivity contribution is -0.389. The fourth-order valence-corrected chi connectivity index (χ4v) is 2.29. The Morgan fingerprint density at radius 3 is 2.80 bits per heavy atom. The third-order valence-electron chi connectivity index (χ3n) is 3.69. The summed E-state index contributed by atoms with van der Waals surface area (Å²) in [6.07, 6.45) is 0.341. The molecule has 136 valence electrons. The van der Waals surface area contributed by atoms with Gasteiger partial charge in [0.15, 0.2) is 11.9 Å². The predicted octanol–water partition coefficient (Wildman–Crippen LogP) is 2.08. The lowest BCUT2D eigenvalue weighted by atomic mass is 10.1. The third kappa shape index (κ3) is 4.43. The number of ether oxygens (including phenoxy) is 2. The van der Waals surface area contributed by atoms with Crippen LogP contribution in [0.15, 0.2) is 12.1 Å². The van der Waals surface area contributed by atoms with Crippen molar-refractivity contribution < 1.29 is 24.0 Å². The highest BCUT2D eigenvalue weighted by Gasteiger charge is 2.39. The van der Waals surface area contributed by atoms with Gasteiger partial charge in [0.05, 0.1) is 6.61 Å². The Morgan fingerprint density at radius 1 is 1.48 bits per heavy atom. The molecule has 1 atom stereocenters. The molecule has 9 heteroatoms. The molecule has 0 aromatic carbocycles. The molecule has 2 rings (SSSR count). The van der Waals surface area contributed by atoms with Gasteiger partial charge < -0.3 is 19.6 Å². The summed E-state index contributed by atoms with van der Waals surface area (Å²) in [6.45, 7) is 5.67. The number of nitro groups is 1. The number of aromatic nitrogens is 1. The quantitative estimate of drug-likeness (QED) is 0.420. The topological polar surface area (TPSA) is 112 Å². The van der Waals surface area contributed by atoms with Crippen molar-refractivity contribution in [2.24, 2.45) is 5.92 Å². The van der Waals surface area contributed by atoms with Crippen LogP contribution in [0, 0.1) is 16.0 Å². The van der Waals surface area contributed by atoms with Crippen molar-refractivity contribution in [2.75, 3.05) is 18.1 Å². The molecule has 0 fully saturated rings. The van der Waals surface area contributed by atoms with E-state index in [1.165, 1.54) is 12.1 Å². The molecular weight excluding hydrogens is 330 g/mol. The molecule has 1 aliphatic heterocycles. The van der Waals surface area contributed by atoms with Gasteiger partial charge in [0.25, 0.3) is 11.7 Å². The molecule has 0 N–H and O–H groups in total. The number of fused-ring (bicyclic) bond motifs is 1. The van der Waals surface area contributed by atoms with Crippen molar-refractivity contribution in [3.05, 3.63) is 22.2 Å². The molecule has 0 spiro atoms. The summed E-state index contributed by atoms with van der Waals surface area (Å²) in [5.41, 5.74) is 0. The minimum absolute atomic E-state index is 0.0373. The number of amides is 1. The number of esters is 1. The van der Waals surface area contributed by atoms with Gasteiger partial charge in [-0.05, 0) is 34.7 Å². The SMILES string of the molecule is CCC1Oc2ccc([N+](=O)[O-])nc2N(CC(=O)OCCC(C)C)C1=O. The van der Waals surface area contributed by atoms with Gasteiger partial charge in [-0.25, -0.2) is 0 Å². The monoisotopic (exact) mass is 351 g/mol. The number of anilines is 1. The molecule has 2 heterocycles. The number of pyridine rings is 1. The van der Waals surface area contributed by atoms with E-state index in [0.29, 0.717) is 18.8 Å². The zero-order chi connectivity index (χ0) is 18.6. The maximum absolute atomic E-state index is 12.5. The molecule has 0 bridgehead atoms. The molecular formula is C16H21N3O6. The lowest BCUT2D eigenvalue weighted by Gasteiger charge is -2.29. The zero-order valence-electron chi connectivity index (χ0n) is 14.4. The summed E-state index contributed by atoms with van der Waals surface area (Å²) >= 11 is 0. The van der Waals surface area contributed by atoms with Gasteiger partial charge in [-0.15, -0.1) is 0 Å². The number of nitrogens with zero attached hydrogens (tertiary/aromatic N) is 3. The minimum Gasteiger partial charge on any atom is -0.474 e. The number of carbonyl (C=O) groups is 2. The molecule has 0 radical (unpaired) electrons. The van der Waals surface area contributed by atoms with E-state index >= 15 is 0 Å². The van der Waals surface area contributed by atoms with Crippen LogP contribution in [-0.4, -0.2) is 41.0 Å². The average Bonchev–Trinajstić information content (AvgIpc) is 2.56. The zero-order valence-corrected chi connectivity index (χ0v) is 14.4. The van der Waals surface area contributed by atoms with E-state index in [9.17, 15) is 19.7 Å². The summed E-state index contributed by atoms with van der Waals surface area (Å²) < 4.78 is 10.7. The number of rotatable bonds is 7. The first-order valence-corrected chi connectivity index (χ1v) is 8.12. The highest BCUT2D eigenvalue weighted by Crippen LogP contribution is 2.34. The van der Waals surface area contributed by atoms with Gasteiger partial charge in [0.2, 0.25) is 0 Å². The fourth-order valence-electron chi connectivity index (χ4n) is 2.29. The molecule has 0 saturated carbocycles. The van der Waals surface area contributed by atoms with Gasteiger partial charge >= 0.3 is 11.8 Å². The van der Waals surface area contributed by atoms with Crippen molar-refractivity contribution >= 4 is 23.5 Å². The van der Waals surface area contributed by atoms with Crippen LogP contribution in [0.2, 0.25) is 0 Å². The van der Waals surface area contributed by atoms with Crippen LogP contribution < -0.4 is 9.64 Å². The number of hydrogen-bond donors (Lipinski definition) is 0. The fraction of sp³-hybridized carbons (Fsp3) is 0.562. The molecule has 9 nitrogen and oxygen atoms in total. The predicted molar refractivity (Wildman–Crippen MR) is 88.4 cm³/mol. The highest BCUT2D eigenvalue weighted by atomic mass is 16.6. The van der Waals surface area contributed by atoms with E-state index in [1.54, 1.807) is 6.92 Å². The Labute approximate surface area is 145 Å². The van der Waals surface area contributed by atoms with Crippen molar-refractivity contribution in [2.45, 2.75) is 39.7 Å². The minimum atomic E-state index is -0.765. The Hall–Kier alpha value is -2.71. The van der Waals surface area contributed by atoms with Crippen molar-refractivity contribution in [1.82, 2.24) is 4.98 Å². The second-order valence-corrected chi connectivity index (χ2v) is 6.09. The van der Waals surface area contributed by atoms with Crippen molar-refractivity contribution in [1.29, 1.82) is 0 Å². The summed E-state index contributed by atoms with van der Waals surface area (Å²) in [6, 6.07) is 2.58. The molecule has 1 amide bonds. The van der Waals surface area contributed by atoms with Crippen LogP contribution in [0.5, 0.6) is 5.75 Å². The maximum Gasteiger partial charge on any atom is 0.366 e. The average molecular weight is 351 g/mol. The molecule has 0 aliphatic carbocycles. The van der Waals surface area contributed by atoms with Gasteiger partial charge in [-0.3, -0.25) is 14.5 Å². The summed E-state index contributed by atoms with van der Waals surface area (Å²) in [5.74, 6) is -0.916. The largest absolute Gasteiger partial charge is 0.474 e. The Bertz CT molecular complexity index is 676. The second kappa shape index (κ2) is 7.91. The van der Waals surface area contributed by atoms with Crippen LogP contribution in [0.1, 0.15) is 33.6 Å². The Morgan fingerprint density at radius 2 is 2.20 bits per heavy atom. The normalized spacial score (nSPS) is 16.4. The maximum atomic E-state index is 12.5. The van der Waals surface area contributed by atoms with E-state index in [-0.39, 0.29) is 24.7 Å². The van der Waals surface area contributed by atoms with E-state index in [4.69, 9.17) is 9.47 Å². The Kier molecular flexibility index (Phi) is 5.89. The molecule has 1 aromatic rings. The van der Waals surface area contributed by atoms with Crippen LogP contribution in [0.25, 0.3) is 0 Å². The number of hydrogen-bond acceptors (Lipinski definition) is 7. The molecule has 1 aliphatic rings. The van der Waals surface area contributed by atoms with E-state index in [1.807, 2.05) is 13.8 Å². The third-order valence-corrected chi connectivity index (χ3v) is 3.69. The van der Waals surface area contributed by atoms with E-state index in [0.717, 1.165) is 4.90 Å². The summed E-state index contributed by atoms with van der Waals surface area (Å²) in [4.78, 5) is 39.7. The standard InChI is InChI=1S/C16H21N3O6/c1-4-11-16(21)18(9-14(20)24-8-7-10(2)3)15-12(25-11)5-6-13(17-15)19(22)23/h5-6,10-11H,4,7-9H2,1-3H3. The van der Waals surface area contributed by atoms with Crippen LogP contribution in [-0.2, 0) is 14.3 Å². The lowest BCUT2D eigenvalue weighted by Crippen LogP contribution is -2.48. The van der Waals surface area contributed by atoms with Crippen LogP contribution in [0.3, 0.4) is 0 Å². The van der Waals surface area contributed by atoms with Gasteiger partial charge in [0, 0.05) is 6.07 Å². The summed E-state index contributed by atoms with van der Waals surface area (Å²) in [5, 5.41) is 10.9. The second-order valence-electron chi connectivity index (χ2n) is 6.09. The first-order chi connectivity index (χ1) is 11.8. The van der Waals surface area contributed by atoms with Gasteiger partial charge in [0.1, 0.15) is 6.54 Å². The van der Waals surface area contributed by atoms with Crippen molar-refractivity contribution in [3.63, 3.8) is 0 Å². The molecule has 25 heavy (non-hydrogen) atoms.